The Morgan fingerprint density at radius 1 is 1.10 bits per heavy atom. The molecule has 1 heterocycles. The van der Waals surface area contributed by atoms with Crippen molar-refractivity contribution < 1.29 is 0 Å². The Morgan fingerprint density at radius 3 is 2.00 bits per heavy atom. The minimum atomic E-state index is 0.128. The van der Waals surface area contributed by atoms with Crippen LogP contribution in [0.5, 0.6) is 0 Å². The number of benzene rings is 1. The highest BCUT2D eigenvalue weighted by molar-refractivity contribution is 9.10. The lowest BCUT2D eigenvalue weighted by Crippen LogP contribution is -2.38. The van der Waals surface area contributed by atoms with Gasteiger partial charge >= 0.3 is 0 Å². The van der Waals surface area contributed by atoms with Crippen molar-refractivity contribution in [2.24, 2.45) is 10.8 Å². The molecule has 1 aromatic rings. The molecule has 1 saturated heterocycles. The van der Waals surface area contributed by atoms with Crippen LogP contribution in [0.25, 0.3) is 0 Å². The topological polar surface area (TPSA) is 0 Å². The average Bonchev–Trinajstić information content (AvgIpc) is 2.50. The molecule has 1 aliphatic rings. The van der Waals surface area contributed by atoms with Crippen LogP contribution in [0.2, 0.25) is 6.32 Å². The summed E-state index contributed by atoms with van der Waals surface area (Å²) >= 11 is 3.53. The number of hydrogen-bond acceptors (Lipinski definition) is 0. The molecule has 0 saturated carbocycles. The van der Waals surface area contributed by atoms with E-state index in [1.165, 1.54) is 17.4 Å². The van der Waals surface area contributed by atoms with E-state index < -0.39 is 0 Å². The number of rotatable bonds is 2. The molecule has 0 bridgehead atoms. The third-order valence-corrected chi connectivity index (χ3v) is 6.62. The SMILES string of the molecule is C=C1B(C(C)(C)c2ccc(Br)cc2)CC(C)(C)C1(C)C. The van der Waals surface area contributed by atoms with Crippen molar-refractivity contribution in [1.82, 2.24) is 0 Å². The molecule has 2 rings (SSSR count). The first-order valence-electron chi connectivity index (χ1n) is 7.45. The van der Waals surface area contributed by atoms with Crippen LogP contribution in [0.3, 0.4) is 0 Å². The van der Waals surface area contributed by atoms with Gasteiger partial charge in [-0.05, 0) is 33.8 Å². The maximum atomic E-state index is 4.48. The van der Waals surface area contributed by atoms with Gasteiger partial charge in [0, 0.05) is 4.47 Å². The van der Waals surface area contributed by atoms with Crippen LogP contribution in [0, 0.1) is 10.8 Å². The Kier molecular flexibility index (Phi) is 3.78. The zero-order valence-corrected chi connectivity index (χ0v) is 15.3. The summed E-state index contributed by atoms with van der Waals surface area (Å²) in [5.41, 5.74) is 3.32. The third kappa shape index (κ3) is 2.30. The fraction of sp³-hybridized carbons (Fsp3) is 0.556. The van der Waals surface area contributed by atoms with Gasteiger partial charge in [-0.15, -0.1) is 12.1 Å². The van der Waals surface area contributed by atoms with E-state index in [1.54, 1.807) is 0 Å². The fourth-order valence-electron chi connectivity index (χ4n) is 3.53. The smallest absolute Gasteiger partial charge is 0.108 e. The Balaban J connectivity index is 2.41. The molecule has 0 unspecified atom stereocenters. The van der Waals surface area contributed by atoms with Gasteiger partial charge in [0.1, 0.15) is 0 Å². The molecular weight excluding hydrogens is 307 g/mol. The molecule has 20 heavy (non-hydrogen) atoms. The van der Waals surface area contributed by atoms with E-state index in [4.69, 9.17) is 0 Å². The van der Waals surface area contributed by atoms with Gasteiger partial charge in [-0.2, -0.15) is 0 Å². The molecule has 2 heteroatoms. The summed E-state index contributed by atoms with van der Waals surface area (Å²) in [6.07, 6.45) is 1.21. The molecule has 0 nitrogen and oxygen atoms in total. The van der Waals surface area contributed by atoms with Crippen LogP contribution in [-0.4, -0.2) is 6.71 Å². The summed E-state index contributed by atoms with van der Waals surface area (Å²) < 4.78 is 1.14. The summed E-state index contributed by atoms with van der Waals surface area (Å²) in [5.74, 6) is 0. The minimum absolute atomic E-state index is 0.128. The van der Waals surface area contributed by atoms with Gasteiger partial charge in [-0.25, -0.2) is 0 Å². The average molecular weight is 333 g/mol. The summed E-state index contributed by atoms with van der Waals surface area (Å²) in [6, 6.07) is 8.78. The van der Waals surface area contributed by atoms with E-state index in [0.717, 1.165) is 4.47 Å². The van der Waals surface area contributed by atoms with Crippen molar-refractivity contribution in [2.75, 3.05) is 0 Å². The second kappa shape index (κ2) is 4.76. The third-order valence-electron chi connectivity index (χ3n) is 6.09. The number of halogens is 1. The van der Waals surface area contributed by atoms with Crippen LogP contribution < -0.4 is 0 Å². The first kappa shape index (κ1) is 15.9. The van der Waals surface area contributed by atoms with Crippen LogP contribution in [0.15, 0.2) is 40.8 Å². The number of hydrogen-bond donors (Lipinski definition) is 0. The second-order valence-corrected chi connectivity index (χ2v) is 8.94. The van der Waals surface area contributed by atoms with E-state index >= 15 is 0 Å². The maximum Gasteiger partial charge on any atom is 0.181 e. The first-order valence-corrected chi connectivity index (χ1v) is 8.25. The van der Waals surface area contributed by atoms with Gasteiger partial charge in [0.2, 0.25) is 0 Å². The molecular formula is C18H26BBr. The quantitative estimate of drug-likeness (QED) is 0.589. The predicted molar refractivity (Wildman–Crippen MR) is 94.4 cm³/mol. The first-order chi connectivity index (χ1) is 9.00. The highest BCUT2D eigenvalue weighted by atomic mass is 79.9. The van der Waals surface area contributed by atoms with E-state index in [0.29, 0.717) is 12.1 Å². The molecule has 1 aliphatic heterocycles. The lowest BCUT2D eigenvalue weighted by molar-refractivity contribution is 0.204. The summed E-state index contributed by atoms with van der Waals surface area (Å²) in [7, 11) is 0. The fourth-order valence-corrected chi connectivity index (χ4v) is 3.79. The van der Waals surface area contributed by atoms with Gasteiger partial charge in [0.15, 0.2) is 6.71 Å². The summed E-state index contributed by atoms with van der Waals surface area (Å²) in [5, 5.41) is 0.128. The van der Waals surface area contributed by atoms with Gasteiger partial charge in [-0.1, -0.05) is 75.9 Å². The molecule has 1 fully saturated rings. The van der Waals surface area contributed by atoms with E-state index in [9.17, 15) is 0 Å². The van der Waals surface area contributed by atoms with E-state index in [-0.39, 0.29) is 10.7 Å². The number of allylic oxidation sites excluding steroid dienone is 1. The maximum absolute atomic E-state index is 4.48. The van der Waals surface area contributed by atoms with E-state index in [1.807, 2.05) is 0 Å². The van der Waals surface area contributed by atoms with Gasteiger partial charge < -0.3 is 0 Å². The monoisotopic (exact) mass is 332 g/mol. The molecule has 0 N–H and O–H groups in total. The van der Waals surface area contributed by atoms with Gasteiger partial charge in [0.05, 0.1) is 0 Å². The largest absolute Gasteiger partial charge is 0.181 e. The Hall–Kier alpha value is -0.495. The zero-order chi connectivity index (χ0) is 15.3. The molecule has 1 aromatic carbocycles. The molecule has 0 spiro atoms. The lowest BCUT2D eigenvalue weighted by Gasteiger charge is -2.36. The Labute approximate surface area is 133 Å². The minimum Gasteiger partial charge on any atom is -0.108 e. The highest BCUT2D eigenvalue weighted by Crippen LogP contribution is 2.58. The summed E-state index contributed by atoms with van der Waals surface area (Å²) in [4.78, 5) is 0. The normalized spacial score (nSPS) is 21.4. The van der Waals surface area contributed by atoms with Crippen molar-refractivity contribution in [1.29, 1.82) is 0 Å². The van der Waals surface area contributed by atoms with Crippen LogP contribution in [0.4, 0.5) is 0 Å². The van der Waals surface area contributed by atoms with Crippen molar-refractivity contribution in [3.05, 3.63) is 46.4 Å². The van der Waals surface area contributed by atoms with Gasteiger partial charge in [0.25, 0.3) is 0 Å². The molecule has 108 valence electrons. The second-order valence-electron chi connectivity index (χ2n) is 8.02. The van der Waals surface area contributed by atoms with E-state index in [2.05, 4.69) is 88.3 Å². The Morgan fingerprint density at radius 2 is 1.60 bits per heavy atom. The molecule has 0 amide bonds. The summed E-state index contributed by atoms with van der Waals surface area (Å²) in [6.45, 7) is 19.2. The molecule has 0 aromatic heterocycles. The van der Waals surface area contributed by atoms with Crippen LogP contribution in [0.1, 0.15) is 47.1 Å². The van der Waals surface area contributed by atoms with Crippen LogP contribution >= 0.6 is 15.9 Å². The zero-order valence-electron chi connectivity index (χ0n) is 13.7. The lowest BCUT2D eigenvalue weighted by atomic mass is 9.29. The van der Waals surface area contributed by atoms with Gasteiger partial charge in [-0.3, -0.25) is 0 Å². The van der Waals surface area contributed by atoms with Crippen LogP contribution in [-0.2, 0) is 5.31 Å². The molecule has 0 atom stereocenters. The van der Waals surface area contributed by atoms with Crippen molar-refractivity contribution >= 4 is 22.6 Å². The molecule has 0 radical (unpaired) electrons. The highest BCUT2D eigenvalue weighted by Gasteiger charge is 2.55. The standard InChI is InChI=1S/C18H26BBr/c1-13-17(4,5)16(2,3)12-19(13)18(6,7)14-8-10-15(20)11-9-14/h8-11H,1,12H2,2-7H3. The molecule has 0 aliphatic carbocycles. The van der Waals surface area contributed by atoms with Crippen molar-refractivity contribution in [3.63, 3.8) is 0 Å². The van der Waals surface area contributed by atoms with Crippen molar-refractivity contribution in [3.8, 4) is 0 Å². The van der Waals surface area contributed by atoms with Crippen molar-refractivity contribution in [2.45, 2.75) is 53.2 Å². The Bertz CT molecular complexity index is 523. The predicted octanol–water partition coefficient (Wildman–Crippen LogP) is 5.92.